The molecule has 1 aliphatic heterocycles. The molecule has 1 saturated heterocycles. The molecular formula is C13H24N2OS. The van der Waals surface area contributed by atoms with E-state index in [9.17, 15) is 4.79 Å². The van der Waals surface area contributed by atoms with E-state index in [0.29, 0.717) is 12.0 Å². The fourth-order valence-corrected chi connectivity index (χ4v) is 4.05. The Morgan fingerprint density at radius 2 is 2.24 bits per heavy atom. The molecule has 3 N–H and O–H groups in total. The van der Waals surface area contributed by atoms with Crippen LogP contribution < -0.4 is 11.1 Å². The number of carbonyl (C=O) groups excluding carboxylic acids is 1. The van der Waals surface area contributed by atoms with Gasteiger partial charge in [-0.3, -0.25) is 4.79 Å². The first-order valence-electron chi connectivity index (χ1n) is 6.78. The van der Waals surface area contributed by atoms with E-state index in [2.05, 4.69) is 12.2 Å². The van der Waals surface area contributed by atoms with Gasteiger partial charge in [-0.1, -0.05) is 19.8 Å². The first kappa shape index (κ1) is 13.2. The van der Waals surface area contributed by atoms with Crippen molar-refractivity contribution in [2.24, 2.45) is 11.7 Å². The molecule has 0 bridgehead atoms. The molecule has 1 saturated carbocycles. The summed E-state index contributed by atoms with van der Waals surface area (Å²) < 4.78 is 0. The monoisotopic (exact) mass is 256 g/mol. The third-order valence-electron chi connectivity index (χ3n) is 3.98. The maximum absolute atomic E-state index is 12.3. The van der Waals surface area contributed by atoms with Crippen LogP contribution in [0.15, 0.2) is 0 Å². The van der Waals surface area contributed by atoms with Gasteiger partial charge in [0.15, 0.2) is 0 Å². The lowest BCUT2D eigenvalue weighted by Gasteiger charge is -2.37. The minimum absolute atomic E-state index is 0.0940. The van der Waals surface area contributed by atoms with E-state index in [1.807, 2.05) is 11.8 Å². The second-order valence-electron chi connectivity index (χ2n) is 5.75. The molecule has 1 heterocycles. The van der Waals surface area contributed by atoms with Gasteiger partial charge in [0.05, 0.1) is 5.54 Å². The fraction of sp³-hybridized carbons (Fsp3) is 0.923. The van der Waals surface area contributed by atoms with Gasteiger partial charge in [-0.2, -0.15) is 11.8 Å². The molecule has 3 nitrogen and oxygen atoms in total. The smallest absolute Gasteiger partial charge is 0.240 e. The molecule has 0 aromatic carbocycles. The largest absolute Gasteiger partial charge is 0.351 e. The summed E-state index contributed by atoms with van der Waals surface area (Å²) in [6, 6.07) is 0.346. The Morgan fingerprint density at radius 3 is 2.88 bits per heavy atom. The number of carbonyl (C=O) groups is 1. The third kappa shape index (κ3) is 3.38. The summed E-state index contributed by atoms with van der Waals surface area (Å²) in [7, 11) is 0. The van der Waals surface area contributed by atoms with Gasteiger partial charge in [0, 0.05) is 11.8 Å². The van der Waals surface area contributed by atoms with Gasteiger partial charge in [0.1, 0.15) is 0 Å². The van der Waals surface area contributed by atoms with Crippen molar-refractivity contribution in [1.82, 2.24) is 5.32 Å². The highest BCUT2D eigenvalue weighted by Gasteiger charge is 2.38. The predicted molar refractivity (Wildman–Crippen MR) is 73.0 cm³/mol. The van der Waals surface area contributed by atoms with Crippen LogP contribution in [-0.4, -0.2) is 29.0 Å². The quantitative estimate of drug-likeness (QED) is 0.793. The molecule has 98 valence electrons. The second-order valence-corrected chi connectivity index (χ2v) is 6.90. The molecule has 2 aliphatic rings. The molecule has 3 unspecified atom stereocenters. The number of amides is 1. The van der Waals surface area contributed by atoms with Gasteiger partial charge in [-0.15, -0.1) is 0 Å². The molecule has 0 radical (unpaired) electrons. The Kier molecular flexibility index (Phi) is 4.36. The molecule has 4 heteroatoms. The number of nitrogens with one attached hydrogen (secondary N) is 1. The van der Waals surface area contributed by atoms with Crippen LogP contribution >= 0.6 is 11.8 Å². The van der Waals surface area contributed by atoms with Gasteiger partial charge in [-0.25, -0.2) is 0 Å². The zero-order valence-electron chi connectivity index (χ0n) is 10.7. The van der Waals surface area contributed by atoms with Crippen LogP contribution in [-0.2, 0) is 4.79 Å². The van der Waals surface area contributed by atoms with Crippen LogP contribution in [0.4, 0.5) is 0 Å². The van der Waals surface area contributed by atoms with Crippen LogP contribution in [0.25, 0.3) is 0 Å². The molecule has 2 fully saturated rings. The average Bonchev–Trinajstić information content (AvgIpc) is 2.30. The maximum Gasteiger partial charge on any atom is 0.240 e. The molecule has 1 aliphatic carbocycles. The molecule has 0 aromatic rings. The molecule has 17 heavy (non-hydrogen) atoms. The molecular weight excluding hydrogens is 232 g/mol. The summed E-state index contributed by atoms with van der Waals surface area (Å²) in [5.41, 5.74) is 5.69. The Labute approximate surface area is 108 Å². The molecule has 2 rings (SSSR count). The van der Waals surface area contributed by atoms with Crippen molar-refractivity contribution in [3.05, 3.63) is 0 Å². The van der Waals surface area contributed by atoms with Crippen LogP contribution in [0.5, 0.6) is 0 Å². The topological polar surface area (TPSA) is 55.1 Å². The Bertz CT molecular complexity index is 279. The number of hydrogen-bond donors (Lipinski definition) is 2. The van der Waals surface area contributed by atoms with Crippen molar-refractivity contribution < 1.29 is 4.79 Å². The Morgan fingerprint density at radius 1 is 1.41 bits per heavy atom. The van der Waals surface area contributed by atoms with Crippen molar-refractivity contribution >= 4 is 17.7 Å². The minimum atomic E-state index is -0.597. The van der Waals surface area contributed by atoms with E-state index in [1.165, 1.54) is 18.6 Å². The van der Waals surface area contributed by atoms with Crippen molar-refractivity contribution in [3.8, 4) is 0 Å². The lowest BCUT2D eigenvalue weighted by molar-refractivity contribution is -0.128. The maximum atomic E-state index is 12.3. The number of hydrogen-bond acceptors (Lipinski definition) is 3. The minimum Gasteiger partial charge on any atom is -0.351 e. The van der Waals surface area contributed by atoms with Crippen molar-refractivity contribution in [3.63, 3.8) is 0 Å². The van der Waals surface area contributed by atoms with Gasteiger partial charge in [0.25, 0.3) is 0 Å². The first-order chi connectivity index (χ1) is 8.10. The molecule has 1 amide bonds. The Hall–Kier alpha value is -0.220. The van der Waals surface area contributed by atoms with E-state index in [4.69, 9.17) is 5.73 Å². The summed E-state index contributed by atoms with van der Waals surface area (Å²) in [6.45, 7) is 2.20. The lowest BCUT2D eigenvalue weighted by Crippen LogP contribution is -2.58. The SMILES string of the molecule is CC1CCCC(N)(C(=O)NC2CCCSC2)C1. The van der Waals surface area contributed by atoms with E-state index in [-0.39, 0.29) is 5.91 Å². The van der Waals surface area contributed by atoms with E-state index in [0.717, 1.165) is 31.4 Å². The standard InChI is InChI=1S/C13H24N2OS/c1-10-4-2-6-13(14,8-10)12(16)15-11-5-3-7-17-9-11/h10-11H,2-9,14H2,1H3,(H,15,16). The van der Waals surface area contributed by atoms with E-state index < -0.39 is 5.54 Å². The molecule has 0 aromatic heterocycles. The molecule has 3 atom stereocenters. The normalized spacial score (nSPS) is 38.7. The second kappa shape index (κ2) is 5.61. The average molecular weight is 256 g/mol. The van der Waals surface area contributed by atoms with Crippen LogP contribution in [0.1, 0.15) is 45.4 Å². The van der Waals surface area contributed by atoms with Crippen molar-refractivity contribution in [1.29, 1.82) is 0 Å². The highest BCUT2D eigenvalue weighted by molar-refractivity contribution is 7.99. The van der Waals surface area contributed by atoms with Gasteiger partial charge in [-0.05, 0) is 37.4 Å². The van der Waals surface area contributed by atoms with Crippen LogP contribution in [0.3, 0.4) is 0 Å². The first-order valence-corrected chi connectivity index (χ1v) is 7.93. The third-order valence-corrected chi connectivity index (χ3v) is 5.20. The highest BCUT2D eigenvalue weighted by Crippen LogP contribution is 2.31. The number of rotatable bonds is 2. The number of thioether (sulfide) groups is 1. The zero-order valence-corrected chi connectivity index (χ0v) is 11.5. The van der Waals surface area contributed by atoms with Gasteiger partial charge in [0.2, 0.25) is 5.91 Å². The number of nitrogens with two attached hydrogens (primary N) is 1. The van der Waals surface area contributed by atoms with Crippen molar-refractivity contribution in [2.45, 2.75) is 57.0 Å². The Balaban J connectivity index is 1.89. The van der Waals surface area contributed by atoms with Crippen LogP contribution in [0.2, 0.25) is 0 Å². The summed E-state index contributed by atoms with van der Waals surface area (Å²) in [4.78, 5) is 12.3. The lowest BCUT2D eigenvalue weighted by atomic mass is 9.76. The van der Waals surface area contributed by atoms with Gasteiger partial charge >= 0.3 is 0 Å². The summed E-state index contributed by atoms with van der Waals surface area (Å²) >= 11 is 1.94. The van der Waals surface area contributed by atoms with E-state index in [1.54, 1.807) is 0 Å². The summed E-state index contributed by atoms with van der Waals surface area (Å²) in [6.07, 6.45) is 6.33. The predicted octanol–water partition coefficient (Wildman–Crippen LogP) is 1.91. The van der Waals surface area contributed by atoms with Gasteiger partial charge < -0.3 is 11.1 Å². The van der Waals surface area contributed by atoms with Crippen molar-refractivity contribution in [2.75, 3.05) is 11.5 Å². The fourth-order valence-electron chi connectivity index (χ4n) is 2.98. The van der Waals surface area contributed by atoms with Crippen LogP contribution in [0, 0.1) is 5.92 Å². The highest BCUT2D eigenvalue weighted by atomic mass is 32.2. The molecule has 0 spiro atoms. The zero-order chi connectivity index (χ0) is 12.3. The summed E-state index contributed by atoms with van der Waals surface area (Å²) in [5.74, 6) is 2.96. The summed E-state index contributed by atoms with van der Waals surface area (Å²) in [5, 5.41) is 3.16. The van der Waals surface area contributed by atoms with E-state index >= 15 is 0 Å².